The molecule has 0 saturated carbocycles. The molecule has 5 heteroatoms. The van der Waals surface area contributed by atoms with Gasteiger partial charge in [0.15, 0.2) is 5.43 Å². The van der Waals surface area contributed by atoms with Crippen molar-refractivity contribution in [2.75, 3.05) is 13.2 Å². The first-order valence-corrected chi connectivity index (χ1v) is 6.10. The summed E-state index contributed by atoms with van der Waals surface area (Å²) in [6.45, 7) is 4.09. The maximum absolute atomic E-state index is 11.5. The summed E-state index contributed by atoms with van der Waals surface area (Å²) < 4.78 is 7.16. The van der Waals surface area contributed by atoms with Gasteiger partial charge in [-0.15, -0.1) is 0 Å². The van der Waals surface area contributed by atoms with Gasteiger partial charge in [0, 0.05) is 37.7 Å². The van der Waals surface area contributed by atoms with Gasteiger partial charge < -0.3 is 14.4 Å². The van der Waals surface area contributed by atoms with Gasteiger partial charge in [-0.05, 0) is 25.7 Å². The number of ether oxygens (including phenoxy) is 1. The van der Waals surface area contributed by atoms with Gasteiger partial charge in [0.1, 0.15) is 5.56 Å². The summed E-state index contributed by atoms with van der Waals surface area (Å²) >= 11 is 0. The Kier molecular flexibility index (Phi) is 3.81. The van der Waals surface area contributed by atoms with Crippen molar-refractivity contribution in [3.63, 3.8) is 0 Å². The smallest absolute Gasteiger partial charge is 0.341 e. The van der Waals surface area contributed by atoms with Crippen LogP contribution in [0.25, 0.3) is 0 Å². The van der Waals surface area contributed by atoms with Gasteiger partial charge in [0.2, 0.25) is 0 Å². The Morgan fingerprint density at radius 1 is 1.50 bits per heavy atom. The van der Waals surface area contributed by atoms with E-state index in [1.165, 1.54) is 12.3 Å². The Morgan fingerprint density at radius 3 is 2.78 bits per heavy atom. The van der Waals surface area contributed by atoms with E-state index < -0.39 is 11.4 Å². The molecule has 0 amide bonds. The van der Waals surface area contributed by atoms with Crippen molar-refractivity contribution >= 4 is 5.97 Å². The van der Waals surface area contributed by atoms with Crippen LogP contribution in [0.1, 0.15) is 28.9 Å². The minimum atomic E-state index is -1.17. The van der Waals surface area contributed by atoms with Crippen LogP contribution in [0.3, 0.4) is 0 Å². The van der Waals surface area contributed by atoms with Crippen LogP contribution in [0.15, 0.2) is 17.1 Å². The maximum atomic E-state index is 11.5. The average Bonchev–Trinajstić information content (AvgIpc) is 2.33. The highest BCUT2D eigenvalue weighted by Crippen LogP contribution is 2.17. The topological polar surface area (TPSA) is 68.5 Å². The van der Waals surface area contributed by atoms with Crippen LogP contribution in [0, 0.1) is 12.8 Å². The lowest BCUT2D eigenvalue weighted by Gasteiger charge is -2.24. The lowest BCUT2D eigenvalue weighted by molar-refractivity contribution is 0.0607. The number of hydrogen-bond acceptors (Lipinski definition) is 3. The van der Waals surface area contributed by atoms with E-state index in [2.05, 4.69) is 0 Å². The van der Waals surface area contributed by atoms with Crippen LogP contribution < -0.4 is 5.43 Å². The number of nitrogens with zero attached hydrogens (tertiary/aromatic N) is 1. The predicted octanol–water partition coefficient (Wildman–Crippen LogP) is 1.28. The Hall–Kier alpha value is -1.62. The molecule has 2 heterocycles. The fraction of sp³-hybridized carbons (Fsp3) is 0.538. The zero-order chi connectivity index (χ0) is 13.1. The summed E-state index contributed by atoms with van der Waals surface area (Å²) in [5.74, 6) is -0.678. The Bertz CT molecular complexity index is 500. The van der Waals surface area contributed by atoms with E-state index >= 15 is 0 Å². The number of carboxylic acids is 1. The highest BCUT2D eigenvalue weighted by Gasteiger charge is 2.16. The molecule has 0 atom stereocenters. The summed E-state index contributed by atoms with van der Waals surface area (Å²) in [5, 5.41) is 8.95. The van der Waals surface area contributed by atoms with Crippen LogP contribution >= 0.6 is 0 Å². The second-order valence-corrected chi connectivity index (χ2v) is 4.71. The molecule has 1 saturated heterocycles. The second-order valence-electron chi connectivity index (χ2n) is 4.71. The Morgan fingerprint density at radius 2 is 2.17 bits per heavy atom. The highest BCUT2D eigenvalue weighted by atomic mass is 16.5. The molecule has 18 heavy (non-hydrogen) atoms. The van der Waals surface area contributed by atoms with Crippen molar-refractivity contribution in [1.29, 1.82) is 0 Å². The van der Waals surface area contributed by atoms with Gasteiger partial charge in [-0.2, -0.15) is 0 Å². The fourth-order valence-corrected chi connectivity index (χ4v) is 2.24. The van der Waals surface area contributed by atoms with Gasteiger partial charge in [-0.1, -0.05) is 0 Å². The monoisotopic (exact) mass is 251 g/mol. The number of hydrogen-bond donors (Lipinski definition) is 1. The maximum Gasteiger partial charge on any atom is 0.341 e. The highest BCUT2D eigenvalue weighted by molar-refractivity contribution is 5.87. The minimum Gasteiger partial charge on any atom is -0.477 e. The molecule has 1 fully saturated rings. The lowest BCUT2D eigenvalue weighted by atomic mass is 10.00. The SMILES string of the molecule is Cc1cc(=O)c(C(=O)O)cn1CC1CCOCC1. The molecule has 0 aromatic carbocycles. The molecule has 0 unspecified atom stereocenters. The molecule has 1 aliphatic heterocycles. The number of aryl methyl sites for hydroxylation is 1. The summed E-state index contributed by atoms with van der Waals surface area (Å²) in [6, 6.07) is 1.39. The quantitative estimate of drug-likeness (QED) is 0.878. The molecule has 2 rings (SSSR count). The summed E-state index contributed by atoms with van der Waals surface area (Å²) in [6.07, 6.45) is 3.41. The average molecular weight is 251 g/mol. The third kappa shape index (κ3) is 2.79. The number of carbonyl (C=O) groups is 1. The number of aromatic nitrogens is 1. The van der Waals surface area contributed by atoms with Crippen LogP contribution in [-0.2, 0) is 11.3 Å². The Balaban J connectivity index is 2.23. The summed E-state index contributed by atoms with van der Waals surface area (Å²) in [7, 11) is 0. The molecule has 0 aliphatic carbocycles. The van der Waals surface area contributed by atoms with Crippen LogP contribution in [0.2, 0.25) is 0 Å². The number of carboxylic acid groups (broad SMARTS) is 1. The molecule has 0 spiro atoms. The zero-order valence-corrected chi connectivity index (χ0v) is 10.4. The van der Waals surface area contributed by atoms with Crippen LogP contribution in [-0.4, -0.2) is 28.9 Å². The molecule has 1 aromatic heterocycles. The lowest BCUT2D eigenvalue weighted by Crippen LogP contribution is -2.24. The van der Waals surface area contributed by atoms with Crippen molar-refractivity contribution in [2.24, 2.45) is 5.92 Å². The molecule has 1 aromatic rings. The van der Waals surface area contributed by atoms with Crippen LogP contribution in [0.5, 0.6) is 0 Å². The van der Waals surface area contributed by atoms with E-state index in [0.29, 0.717) is 5.92 Å². The fourth-order valence-electron chi connectivity index (χ4n) is 2.24. The van der Waals surface area contributed by atoms with Crippen molar-refractivity contribution in [1.82, 2.24) is 4.57 Å². The third-order valence-corrected chi connectivity index (χ3v) is 3.37. The van der Waals surface area contributed by atoms with Crippen LogP contribution in [0.4, 0.5) is 0 Å². The third-order valence-electron chi connectivity index (χ3n) is 3.37. The first-order chi connectivity index (χ1) is 8.58. The standard InChI is InChI=1S/C13H17NO4/c1-9-6-12(15)11(13(16)17)8-14(9)7-10-2-4-18-5-3-10/h6,8,10H,2-5,7H2,1H3,(H,16,17). The number of pyridine rings is 1. The van der Waals surface area contributed by atoms with Gasteiger partial charge in [0.25, 0.3) is 0 Å². The molecule has 1 aliphatic rings. The molecule has 0 radical (unpaired) electrons. The van der Waals surface area contributed by atoms with Crippen molar-refractivity contribution < 1.29 is 14.6 Å². The van der Waals surface area contributed by atoms with E-state index in [-0.39, 0.29) is 5.56 Å². The van der Waals surface area contributed by atoms with Gasteiger partial charge in [-0.25, -0.2) is 4.79 Å². The number of rotatable bonds is 3. The van der Waals surface area contributed by atoms with Gasteiger partial charge in [0.05, 0.1) is 0 Å². The number of aromatic carboxylic acids is 1. The minimum absolute atomic E-state index is 0.160. The van der Waals surface area contributed by atoms with E-state index in [0.717, 1.165) is 38.3 Å². The van der Waals surface area contributed by atoms with Crippen molar-refractivity contribution in [2.45, 2.75) is 26.3 Å². The van der Waals surface area contributed by atoms with Crippen molar-refractivity contribution in [3.05, 3.63) is 33.7 Å². The molecule has 5 nitrogen and oxygen atoms in total. The summed E-state index contributed by atoms with van der Waals surface area (Å²) in [5.41, 5.74) is 0.215. The second kappa shape index (κ2) is 5.35. The predicted molar refractivity (Wildman–Crippen MR) is 65.9 cm³/mol. The van der Waals surface area contributed by atoms with E-state index in [9.17, 15) is 9.59 Å². The first kappa shape index (κ1) is 12.8. The van der Waals surface area contributed by atoms with E-state index in [4.69, 9.17) is 9.84 Å². The largest absolute Gasteiger partial charge is 0.477 e. The summed E-state index contributed by atoms with van der Waals surface area (Å²) in [4.78, 5) is 22.5. The van der Waals surface area contributed by atoms with Gasteiger partial charge in [-0.3, -0.25) is 4.79 Å². The molecule has 98 valence electrons. The zero-order valence-electron chi connectivity index (χ0n) is 10.4. The molecular weight excluding hydrogens is 234 g/mol. The molecular formula is C13H17NO4. The van der Waals surface area contributed by atoms with Gasteiger partial charge >= 0.3 is 5.97 Å². The van der Waals surface area contributed by atoms with Crippen molar-refractivity contribution in [3.8, 4) is 0 Å². The first-order valence-electron chi connectivity index (χ1n) is 6.10. The Labute approximate surface area is 105 Å². The molecule has 0 bridgehead atoms. The van der Waals surface area contributed by atoms with E-state index in [1.807, 2.05) is 11.5 Å². The molecule has 1 N–H and O–H groups in total. The van der Waals surface area contributed by atoms with E-state index in [1.54, 1.807) is 0 Å². The normalized spacial score (nSPS) is 16.7.